The molecule has 0 aliphatic heterocycles. The molecule has 0 heteroatoms. The Morgan fingerprint density at radius 2 is 1.05 bits per heavy atom. The van der Waals surface area contributed by atoms with Crippen molar-refractivity contribution in [2.45, 2.75) is 0 Å². The number of fused-ring (bicyclic) bond motifs is 2. The van der Waals surface area contributed by atoms with Crippen LogP contribution in [0.25, 0.3) is 32.7 Å². The topological polar surface area (TPSA) is 0 Å². The van der Waals surface area contributed by atoms with Gasteiger partial charge in [0.05, 0.1) is 0 Å². The molecule has 0 aliphatic carbocycles. The Labute approximate surface area is 118 Å². The maximum absolute atomic E-state index is 3.49. The lowest BCUT2D eigenvalue weighted by molar-refractivity contribution is 1.65. The highest BCUT2D eigenvalue weighted by atomic mass is 14.1. The van der Waals surface area contributed by atoms with Crippen molar-refractivity contribution in [2.75, 3.05) is 0 Å². The van der Waals surface area contributed by atoms with E-state index in [9.17, 15) is 0 Å². The van der Waals surface area contributed by atoms with Crippen LogP contribution in [0, 0.1) is 12.1 Å². The summed E-state index contributed by atoms with van der Waals surface area (Å²) in [6, 6.07) is 32.1. The van der Waals surface area contributed by atoms with Gasteiger partial charge < -0.3 is 0 Å². The Balaban J connectivity index is 1.97. The molecule has 0 N–H and O–H groups in total. The van der Waals surface area contributed by atoms with Crippen molar-refractivity contribution in [3.63, 3.8) is 0 Å². The molecule has 0 saturated heterocycles. The van der Waals surface area contributed by atoms with Crippen molar-refractivity contribution < 1.29 is 0 Å². The molecule has 0 spiro atoms. The predicted octanol–water partition coefficient (Wildman–Crippen LogP) is 5.26. The second kappa shape index (κ2) is 4.50. The van der Waals surface area contributed by atoms with Crippen LogP contribution in [0.1, 0.15) is 0 Å². The van der Waals surface area contributed by atoms with E-state index in [1.54, 1.807) is 0 Å². The van der Waals surface area contributed by atoms with Gasteiger partial charge >= 0.3 is 0 Å². The first-order valence-electron chi connectivity index (χ1n) is 6.73. The van der Waals surface area contributed by atoms with Gasteiger partial charge in [-0.2, -0.15) is 0 Å². The minimum absolute atomic E-state index is 1.11. The third-order valence-corrected chi connectivity index (χ3v) is 3.59. The molecule has 4 aromatic carbocycles. The first-order valence-corrected chi connectivity index (χ1v) is 6.73. The molecule has 0 aliphatic rings. The molecule has 92 valence electrons. The number of benzene rings is 4. The van der Waals surface area contributed by atoms with Gasteiger partial charge in [-0.3, -0.25) is 0 Å². The van der Waals surface area contributed by atoms with Crippen LogP contribution in [0.2, 0.25) is 0 Å². The van der Waals surface area contributed by atoms with Gasteiger partial charge in [0.1, 0.15) is 0 Å². The summed E-state index contributed by atoms with van der Waals surface area (Å²) in [5.74, 6) is 0. The van der Waals surface area contributed by atoms with Crippen molar-refractivity contribution in [1.82, 2.24) is 0 Å². The summed E-state index contributed by atoms with van der Waals surface area (Å²) in [5.41, 5.74) is 2.45. The molecule has 0 aromatic heterocycles. The predicted molar refractivity (Wildman–Crippen MR) is 84.6 cm³/mol. The van der Waals surface area contributed by atoms with E-state index < -0.39 is 0 Å². The fraction of sp³-hybridized carbons (Fsp3) is 0. The van der Waals surface area contributed by atoms with E-state index in [-0.39, 0.29) is 0 Å². The maximum Gasteiger partial charge on any atom is -0.00137 e. The Bertz CT molecular complexity index is 889. The van der Waals surface area contributed by atoms with Crippen LogP contribution < -0.4 is 0 Å². The molecule has 0 bridgehead atoms. The molecule has 20 heavy (non-hydrogen) atoms. The summed E-state index contributed by atoms with van der Waals surface area (Å²) >= 11 is 0. The van der Waals surface area contributed by atoms with E-state index in [0.29, 0.717) is 0 Å². The van der Waals surface area contributed by atoms with Crippen LogP contribution in [-0.4, -0.2) is 0 Å². The Morgan fingerprint density at radius 3 is 1.80 bits per heavy atom. The van der Waals surface area contributed by atoms with Gasteiger partial charge in [-0.1, -0.05) is 66.7 Å². The Hall–Kier alpha value is -2.60. The van der Waals surface area contributed by atoms with Gasteiger partial charge in [-0.05, 0) is 50.9 Å². The zero-order valence-electron chi connectivity index (χ0n) is 10.9. The van der Waals surface area contributed by atoms with Crippen LogP contribution in [0.3, 0.4) is 0 Å². The summed E-state index contributed by atoms with van der Waals surface area (Å²) in [4.78, 5) is 0. The van der Waals surface area contributed by atoms with Gasteiger partial charge in [0.25, 0.3) is 0 Å². The van der Waals surface area contributed by atoms with Crippen LogP contribution in [0.4, 0.5) is 0 Å². The largest absolute Gasteiger partial charge is 0.0622 e. The summed E-state index contributed by atoms with van der Waals surface area (Å²) in [6.07, 6.45) is 0. The third kappa shape index (κ3) is 1.86. The Morgan fingerprint density at radius 1 is 0.450 bits per heavy atom. The smallest absolute Gasteiger partial charge is 0.00137 e. The van der Waals surface area contributed by atoms with Gasteiger partial charge in [0.15, 0.2) is 0 Å². The molecule has 0 nitrogen and oxygen atoms in total. The molecule has 4 aromatic rings. The Kier molecular flexibility index (Phi) is 2.53. The van der Waals surface area contributed by atoms with Crippen molar-refractivity contribution >= 4 is 21.5 Å². The second-order valence-corrected chi connectivity index (χ2v) is 4.92. The monoisotopic (exact) mass is 252 g/mol. The van der Waals surface area contributed by atoms with E-state index in [2.05, 4.69) is 66.7 Å². The summed E-state index contributed by atoms with van der Waals surface area (Å²) < 4.78 is 0. The highest BCUT2D eigenvalue weighted by Gasteiger charge is 2.02. The molecule has 0 heterocycles. The minimum Gasteiger partial charge on any atom is -0.0622 e. The normalized spacial score (nSPS) is 11.0. The van der Waals surface area contributed by atoms with Crippen molar-refractivity contribution in [3.05, 3.63) is 84.9 Å². The first-order chi connectivity index (χ1) is 9.90. The van der Waals surface area contributed by atoms with E-state index in [4.69, 9.17) is 0 Å². The van der Waals surface area contributed by atoms with Crippen LogP contribution in [-0.2, 0) is 0 Å². The quantitative estimate of drug-likeness (QED) is 0.405. The lowest BCUT2D eigenvalue weighted by atomic mass is 9.99. The van der Waals surface area contributed by atoms with Crippen molar-refractivity contribution in [1.29, 1.82) is 0 Å². The van der Waals surface area contributed by atoms with Gasteiger partial charge in [0, 0.05) is 0 Å². The van der Waals surface area contributed by atoms with E-state index in [0.717, 1.165) is 21.5 Å². The third-order valence-electron chi connectivity index (χ3n) is 3.59. The molecule has 0 saturated carbocycles. The number of rotatable bonds is 1. The minimum atomic E-state index is 1.11. The highest BCUT2D eigenvalue weighted by molar-refractivity contribution is 5.98. The van der Waals surface area contributed by atoms with Crippen LogP contribution in [0.5, 0.6) is 0 Å². The average Bonchev–Trinajstić information content (AvgIpc) is 2.53. The van der Waals surface area contributed by atoms with Gasteiger partial charge in [-0.25, -0.2) is 0 Å². The van der Waals surface area contributed by atoms with Crippen molar-refractivity contribution in [3.8, 4) is 11.1 Å². The van der Waals surface area contributed by atoms with Gasteiger partial charge in [0.2, 0.25) is 0 Å². The van der Waals surface area contributed by atoms with Crippen LogP contribution >= 0.6 is 0 Å². The summed E-state index contributed by atoms with van der Waals surface area (Å²) in [7, 11) is 0. The molecule has 0 atom stereocenters. The number of hydrogen-bond donors (Lipinski definition) is 0. The molecule has 2 radical (unpaired) electrons. The van der Waals surface area contributed by atoms with Crippen molar-refractivity contribution in [2.24, 2.45) is 0 Å². The fourth-order valence-electron chi connectivity index (χ4n) is 2.56. The average molecular weight is 252 g/mol. The molecular weight excluding hydrogens is 240 g/mol. The molecule has 0 unspecified atom stereocenters. The summed E-state index contributed by atoms with van der Waals surface area (Å²) in [6.45, 7) is 0. The summed E-state index contributed by atoms with van der Waals surface area (Å²) in [5, 5.41) is 4.46. The highest BCUT2D eigenvalue weighted by Crippen LogP contribution is 2.26. The first kappa shape index (κ1) is 11.2. The fourth-order valence-corrected chi connectivity index (χ4v) is 2.56. The zero-order valence-corrected chi connectivity index (χ0v) is 10.9. The van der Waals surface area contributed by atoms with Crippen LogP contribution in [0.15, 0.2) is 72.8 Å². The van der Waals surface area contributed by atoms with E-state index in [1.165, 1.54) is 11.1 Å². The van der Waals surface area contributed by atoms with Gasteiger partial charge in [-0.15, -0.1) is 0 Å². The lowest BCUT2D eigenvalue weighted by Crippen LogP contribution is -1.81. The SMILES string of the molecule is [c]1c2ccccc2[c]c2cc(-c3ccccc3)ccc12. The molecule has 0 fully saturated rings. The maximum atomic E-state index is 3.49. The van der Waals surface area contributed by atoms with E-state index in [1.807, 2.05) is 18.2 Å². The molecule has 4 rings (SSSR count). The number of hydrogen-bond acceptors (Lipinski definition) is 0. The van der Waals surface area contributed by atoms with E-state index >= 15 is 0 Å². The molecular formula is C20H12. The standard InChI is InChI=1S/C20H12/c1-2-6-15(7-3-1)18-10-11-19-12-16-8-4-5-9-17(16)13-20(19)14-18/h1-11,14H. The molecule has 0 amide bonds. The second-order valence-electron chi connectivity index (χ2n) is 4.92. The zero-order chi connectivity index (χ0) is 13.4. The lowest BCUT2D eigenvalue weighted by Gasteiger charge is -2.05.